The van der Waals surface area contributed by atoms with E-state index in [2.05, 4.69) is 0 Å². The molecule has 3 N–H and O–H groups in total. The van der Waals surface area contributed by atoms with Gasteiger partial charge in [0.1, 0.15) is 6.04 Å². The molecule has 0 fully saturated rings. The van der Waals surface area contributed by atoms with Crippen molar-refractivity contribution in [2.24, 2.45) is 5.73 Å². The lowest BCUT2D eigenvalue weighted by atomic mass is 9.91. The minimum absolute atomic E-state index is 0.0886. The molecule has 0 saturated carbocycles. The molecule has 0 aromatic rings. The van der Waals surface area contributed by atoms with E-state index in [9.17, 15) is 61.9 Å². The Morgan fingerprint density at radius 2 is 0.970 bits per heavy atom. The fourth-order valence-corrected chi connectivity index (χ4v) is 2.68. The third kappa shape index (κ3) is 6.78. The van der Waals surface area contributed by atoms with E-state index >= 15 is 0 Å². The average Bonchev–Trinajstić information content (AvgIpc) is 2.64. The van der Waals surface area contributed by atoms with Crippen molar-refractivity contribution >= 4 is 5.97 Å². The van der Waals surface area contributed by atoms with Crippen LogP contribution in [0.1, 0.15) is 57.8 Å². The molecule has 0 aromatic heterocycles. The first-order chi connectivity index (χ1) is 14.6. The number of halogens is 13. The maximum Gasteiger partial charge on any atom is 0.460 e. The highest BCUT2D eigenvalue weighted by atomic mass is 19.4. The minimum Gasteiger partial charge on any atom is -0.480 e. The summed E-state index contributed by atoms with van der Waals surface area (Å²) in [6, 6.07) is -1.07. The normalized spacial score (nSPS) is 15.6. The summed E-state index contributed by atoms with van der Waals surface area (Å²) in [7, 11) is 0. The predicted molar refractivity (Wildman–Crippen MR) is 88.0 cm³/mol. The van der Waals surface area contributed by atoms with Crippen molar-refractivity contribution in [1.29, 1.82) is 0 Å². The first kappa shape index (κ1) is 31.5. The zero-order chi connectivity index (χ0) is 26.5. The zero-order valence-corrected chi connectivity index (χ0v) is 16.8. The summed E-state index contributed by atoms with van der Waals surface area (Å²) < 4.78 is 168. The number of aliphatic carboxylic acids is 1. The van der Waals surface area contributed by atoms with Crippen molar-refractivity contribution < 1.29 is 67.0 Å². The van der Waals surface area contributed by atoms with Crippen LogP contribution in [0.5, 0.6) is 0 Å². The number of hydrogen-bond acceptors (Lipinski definition) is 2. The molecule has 0 saturated heterocycles. The van der Waals surface area contributed by atoms with E-state index in [0.29, 0.717) is 25.7 Å². The molecule has 16 heteroatoms. The maximum absolute atomic E-state index is 13.6. The Labute approximate surface area is 179 Å². The van der Waals surface area contributed by atoms with Crippen molar-refractivity contribution in [3.63, 3.8) is 0 Å². The van der Waals surface area contributed by atoms with Crippen LogP contribution < -0.4 is 5.73 Å². The zero-order valence-electron chi connectivity index (χ0n) is 16.8. The highest BCUT2D eigenvalue weighted by Gasteiger charge is 2.90. The third-order valence-corrected chi connectivity index (χ3v) is 4.82. The lowest BCUT2D eigenvalue weighted by molar-refractivity contribution is -0.440. The van der Waals surface area contributed by atoms with Gasteiger partial charge in [-0.05, 0) is 12.8 Å². The topological polar surface area (TPSA) is 63.3 Å². The smallest absolute Gasteiger partial charge is 0.460 e. The Morgan fingerprint density at radius 3 is 1.36 bits per heavy atom. The number of carboxylic acids is 1. The molecule has 33 heavy (non-hydrogen) atoms. The van der Waals surface area contributed by atoms with E-state index in [1.54, 1.807) is 0 Å². The third-order valence-electron chi connectivity index (χ3n) is 4.82. The molecular formula is C17H22F13NO2. The summed E-state index contributed by atoms with van der Waals surface area (Å²) in [5.74, 6) is -37.8. The highest BCUT2D eigenvalue weighted by molar-refractivity contribution is 5.72. The van der Waals surface area contributed by atoms with Crippen LogP contribution in [0.25, 0.3) is 0 Å². The molecule has 0 bridgehead atoms. The van der Waals surface area contributed by atoms with Crippen molar-refractivity contribution in [1.82, 2.24) is 0 Å². The number of nitrogens with two attached hydrogens (primary N) is 1. The largest absolute Gasteiger partial charge is 0.480 e. The first-order valence-corrected chi connectivity index (χ1v) is 9.52. The summed E-state index contributed by atoms with van der Waals surface area (Å²) in [5, 5.41) is 8.56. The second-order valence-corrected chi connectivity index (χ2v) is 7.46. The monoisotopic (exact) mass is 519 g/mol. The van der Waals surface area contributed by atoms with Gasteiger partial charge in [0.25, 0.3) is 0 Å². The second-order valence-electron chi connectivity index (χ2n) is 7.46. The van der Waals surface area contributed by atoms with Crippen molar-refractivity contribution in [3.05, 3.63) is 0 Å². The quantitative estimate of drug-likeness (QED) is 0.188. The summed E-state index contributed by atoms with van der Waals surface area (Å²) in [5.41, 5.74) is 5.25. The Balaban J connectivity index is 4.86. The van der Waals surface area contributed by atoms with E-state index in [0.717, 1.165) is 0 Å². The summed E-state index contributed by atoms with van der Waals surface area (Å²) in [4.78, 5) is 10.5. The molecule has 0 heterocycles. The van der Waals surface area contributed by atoms with E-state index < -0.39 is 60.6 Å². The second kappa shape index (κ2) is 10.8. The Bertz CT molecular complexity index is 635. The fourth-order valence-electron chi connectivity index (χ4n) is 2.68. The maximum atomic E-state index is 13.6. The molecule has 0 radical (unpaired) electrons. The van der Waals surface area contributed by atoms with Gasteiger partial charge in [-0.3, -0.25) is 4.79 Å². The minimum atomic E-state index is -7.87. The van der Waals surface area contributed by atoms with Crippen LogP contribution in [0.15, 0.2) is 0 Å². The van der Waals surface area contributed by atoms with Gasteiger partial charge in [-0.15, -0.1) is 0 Å². The molecule has 0 amide bonds. The molecule has 0 spiro atoms. The molecule has 1 atom stereocenters. The van der Waals surface area contributed by atoms with Crippen LogP contribution in [0, 0.1) is 0 Å². The first-order valence-electron chi connectivity index (χ1n) is 9.52. The molecule has 198 valence electrons. The van der Waals surface area contributed by atoms with Crippen LogP contribution in [-0.2, 0) is 4.79 Å². The lowest BCUT2D eigenvalue weighted by Gasteiger charge is -2.39. The number of unbranched alkanes of at least 4 members (excludes halogenated alkanes) is 6. The fraction of sp³-hybridized carbons (Fsp3) is 0.941. The van der Waals surface area contributed by atoms with E-state index in [-0.39, 0.29) is 19.3 Å². The van der Waals surface area contributed by atoms with Gasteiger partial charge < -0.3 is 10.8 Å². The number of rotatable bonds is 15. The molecule has 0 aliphatic carbocycles. The van der Waals surface area contributed by atoms with Crippen molar-refractivity contribution in [2.45, 2.75) is 99.6 Å². The Kier molecular flexibility index (Phi) is 10.4. The average molecular weight is 519 g/mol. The molecule has 3 nitrogen and oxygen atoms in total. The van der Waals surface area contributed by atoms with Crippen LogP contribution in [0.4, 0.5) is 57.1 Å². The number of carbonyl (C=O) groups is 1. The predicted octanol–water partition coefficient (Wildman–Crippen LogP) is 6.65. The summed E-state index contributed by atoms with van der Waals surface area (Å²) in [6.45, 7) is 0. The van der Waals surface area contributed by atoms with Crippen LogP contribution in [0.3, 0.4) is 0 Å². The van der Waals surface area contributed by atoms with Gasteiger partial charge in [0.2, 0.25) is 0 Å². The van der Waals surface area contributed by atoms with Crippen molar-refractivity contribution in [2.75, 3.05) is 0 Å². The summed E-state index contributed by atoms with van der Waals surface area (Å²) >= 11 is 0. The molecule has 1 unspecified atom stereocenters. The lowest BCUT2D eigenvalue weighted by Crippen LogP contribution is -2.70. The summed E-state index contributed by atoms with van der Waals surface area (Å²) in [6.07, 6.45) is -8.93. The van der Waals surface area contributed by atoms with E-state index in [4.69, 9.17) is 10.8 Å². The standard InChI is InChI=1S/C17H22F13NO2/c18-12(19,9-7-5-3-1-2-4-6-8-10(31)11(32)33)13(20,21)14(22,23)15(24,25)16(26,27)17(28,29)30/h10H,1-9,31H2,(H,32,33). The molecular weight excluding hydrogens is 497 g/mol. The van der Waals surface area contributed by atoms with Crippen LogP contribution in [-0.4, -0.2) is 52.9 Å². The van der Waals surface area contributed by atoms with Gasteiger partial charge in [-0.1, -0.05) is 38.5 Å². The molecule has 0 aromatic carbocycles. The number of carboxylic acid groups (broad SMARTS) is 1. The van der Waals surface area contributed by atoms with Crippen LogP contribution in [0.2, 0.25) is 0 Å². The van der Waals surface area contributed by atoms with Crippen LogP contribution >= 0.6 is 0 Å². The van der Waals surface area contributed by atoms with Gasteiger partial charge in [-0.2, -0.15) is 57.1 Å². The molecule has 0 aliphatic heterocycles. The van der Waals surface area contributed by atoms with E-state index in [1.165, 1.54) is 0 Å². The number of alkyl halides is 13. The number of hydrogen-bond donors (Lipinski definition) is 2. The van der Waals surface area contributed by atoms with Gasteiger partial charge >= 0.3 is 41.8 Å². The van der Waals surface area contributed by atoms with E-state index in [1.807, 2.05) is 0 Å². The van der Waals surface area contributed by atoms with Crippen molar-refractivity contribution in [3.8, 4) is 0 Å². The van der Waals surface area contributed by atoms with Gasteiger partial charge in [0.15, 0.2) is 0 Å². The SMILES string of the molecule is NC(CCCCCCCCCC(F)(F)C(F)(F)C(F)(F)C(F)(F)C(F)(F)C(F)(F)F)C(=O)O. The highest BCUT2D eigenvalue weighted by Crippen LogP contribution is 2.60. The Hall–Kier alpha value is -1.48. The molecule has 0 rings (SSSR count). The Morgan fingerprint density at radius 1 is 0.606 bits per heavy atom. The van der Waals surface area contributed by atoms with Gasteiger partial charge in [0.05, 0.1) is 0 Å². The molecule has 0 aliphatic rings. The van der Waals surface area contributed by atoms with Gasteiger partial charge in [0, 0.05) is 6.42 Å². The van der Waals surface area contributed by atoms with Gasteiger partial charge in [-0.25, -0.2) is 0 Å².